The van der Waals surface area contributed by atoms with E-state index in [-0.39, 0.29) is 5.91 Å². The number of rotatable bonds is 6. The highest BCUT2D eigenvalue weighted by molar-refractivity contribution is 7.13. The molecule has 0 aliphatic heterocycles. The first kappa shape index (κ1) is 16.6. The first-order chi connectivity index (χ1) is 12.8. The zero-order valence-electron chi connectivity index (χ0n) is 14.4. The third-order valence-corrected chi connectivity index (χ3v) is 5.36. The molecule has 0 spiro atoms. The van der Waals surface area contributed by atoms with Crippen molar-refractivity contribution in [3.05, 3.63) is 83.7 Å². The molecule has 0 saturated carbocycles. The Morgan fingerprint density at radius 3 is 2.58 bits per heavy atom. The zero-order chi connectivity index (χ0) is 17.8. The number of hydrogen-bond acceptors (Lipinski definition) is 2. The Morgan fingerprint density at radius 1 is 0.962 bits per heavy atom. The molecule has 130 valence electrons. The van der Waals surface area contributed by atoms with Crippen LogP contribution < -0.4 is 5.32 Å². The van der Waals surface area contributed by atoms with E-state index in [2.05, 4.69) is 51.7 Å². The third kappa shape index (κ3) is 3.55. The summed E-state index contributed by atoms with van der Waals surface area (Å²) in [6.07, 6.45) is 0.844. The fourth-order valence-electron chi connectivity index (χ4n) is 3.20. The lowest BCUT2D eigenvalue weighted by atomic mass is 10.1. The molecule has 26 heavy (non-hydrogen) atoms. The monoisotopic (exact) mass is 360 g/mol. The number of para-hydroxylation sites is 1. The van der Waals surface area contributed by atoms with Crippen LogP contribution in [0.3, 0.4) is 0 Å². The van der Waals surface area contributed by atoms with Crippen molar-refractivity contribution in [3.63, 3.8) is 0 Å². The van der Waals surface area contributed by atoms with Crippen LogP contribution in [0.5, 0.6) is 0 Å². The van der Waals surface area contributed by atoms with Crippen LogP contribution in [-0.2, 0) is 17.8 Å². The molecule has 0 aliphatic rings. The van der Waals surface area contributed by atoms with Gasteiger partial charge < -0.3 is 9.88 Å². The van der Waals surface area contributed by atoms with E-state index in [4.69, 9.17) is 0 Å². The zero-order valence-corrected chi connectivity index (χ0v) is 15.2. The molecule has 4 rings (SSSR count). The van der Waals surface area contributed by atoms with Crippen LogP contribution in [-0.4, -0.2) is 17.0 Å². The Morgan fingerprint density at radius 2 is 1.77 bits per heavy atom. The molecule has 0 bridgehead atoms. The van der Waals surface area contributed by atoms with Crippen molar-refractivity contribution in [2.45, 2.75) is 13.0 Å². The summed E-state index contributed by atoms with van der Waals surface area (Å²) < 4.78 is 2.11. The van der Waals surface area contributed by atoms with Gasteiger partial charge in [-0.3, -0.25) is 4.79 Å². The minimum absolute atomic E-state index is 0.0418. The summed E-state index contributed by atoms with van der Waals surface area (Å²) in [5, 5.41) is 6.28. The van der Waals surface area contributed by atoms with Gasteiger partial charge in [0.25, 0.3) is 0 Å². The summed E-state index contributed by atoms with van der Waals surface area (Å²) >= 11 is 1.70. The number of nitrogens with zero attached hydrogens (tertiary/aromatic N) is 1. The quantitative estimate of drug-likeness (QED) is 0.530. The van der Waals surface area contributed by atoms with Gasteiger partial charge >= 0.3 is 0 Å². The van der Waals surface area contributed by atoms with Crippen LogP contribution in [0.2, 0.25) is 0 Å². The molecule has 0 radical (unpaired) electrons. The summed E-state index contributed by atoms with van der Waals surface area (Å²) in [6, 6.07) is 24.7. The average molecular weight is 360 g/mol. The predicted molar refractivity (Wildman–Crippen MR) is 108 cm³/mol. The molecule has 0 aliphatic carbocycles. The van der Waals surface area contributed by atoms with E-state index in [1.54, 1.807) is 11.3 Å². The van der Waals surface area contributed by atoms with Crippen LogP contribution in [0.25, 0.3) is 21.5 Å². The predicted octanol–water partition coefficient (Wildman–Crippen LogP) is 4.73. The summed E-state index contributed by atoms with van der Waals surface area (Å²) in [5.41, 5.74) is 3.42. The van der Waals surface area contributed by atoms with E-state index in [1.807, 2.05) is 36.4 Å². The second-order valence-electron chi connectivity index (χ2n) is 6.24. The van der Waals surface area contributed by atoms with Crippen molar-refractivity contribution in [3.8, 4) is 10.6 Å². The third-order valence-electron chi connectivity index (χ3n) is 4.46. The maximum atomic E-state index is 12.5. The second kappa shape index (κ2) is 7.58. The number of carbonyl (C=O) groups is 1. The van der Waals surface area contributed by atoms with Gasteiger partial charge in [0, 0.05) is 17.4 Å². The van der Waals surface area contributed by atoms with Gasteiger partial charge in [0.15, 0.2) is 0 Å². The molecule has 3 nitrogen and oxygen atoms in total. The van der Waals surface area contributed by atoms with Crippen molar-refractivity contribution in [2.24, 2.45) is 0 Å². The molecule has 1 amide bonds. The minimum atomic E-state index is 0.0418. The normalized spacial score (nSPS) is 10.9. The number of hydrogen-bond donors (Lipinski definition) is 1. The van der Waals surface area contributed by atoms with E-state index in [9.17, 15) is 4.79 Å². The Kier molecular flexibility index (Phi) is 4.84. The van der Waals surface area contributed by atoms with Gasteiger partial charge in [-0.2, -0.15) is 0 Å². The lowest BCUT2D eigenvalue weighted by Gasteiger charge is -2.11. The van der Waals surface area contributed by atoms with Crippen molar-refractivity contribution >= 4 is 28.1 Å². The number of nitrogens with one attached hydrogen (secondary N) is 1. The largest absolute Gasteiger partial charge is 0.354 e. The van der Waals surface area contributed by atoms with Crippen molar-refractivity contribution in [1.82, 2.24) is 9.88 Å². The maximum Gasteiger partial charge on any atom is 0.239 e. The molecule has 0 fully saturated rings. The van der Waals surface area contributed by atoms with Gasteiger partial charge in [0.1, 0.15) is 6.54 Å². The molecular weight excluding hydrogens is 340 g/mol. The van der Waals surface area contributed by atoms with E-state index in [0.717, 1.165) is 23.0 Å². The Hall–Kier alpha value is -2.85. The number of amides is 1. The maximum absolute atomic E-state index is 12.5. The molecule has 2 aromatic heterocycles. The standard InChI is InChI=1S/C22H20N2OS/c25-22(23-13-12-17-7-2-1-3-8-17)16-24-19-10-5-4-9-18(19)15-20(24)21-11-6-14-26-21/h1-11,14-15H,12-13,16H2,(H,23,25). The number of fused-ring (bicyclic) bond motifs is 1. The molecule has 1 N–H and O–H groups in total. The van der Waals surface area contributed by atoms with Crippen molar-refractivity contribution in [1.29, 1.82) is 0 Å². The fourth-order valence-corrected chi connectivity index (χ4v) is 3.95. The number of aromatic nitrogens is 1. The lowest BCUT2D eigenvalue weighted by Crippen LogP contribution is -2.29. The highest BCUT2D eigenvalue weighted by Crippen LogP contribution is 2.31. The molecule has 4 heteroatoms. The summed E-state index contributed by atoms with van der Waals surface area (Å²) in [5.74, 6) is 0.0418. The van der Waals surface area contributed by atoms with Gasteiger partial charge in [-0.05, 0) is 35.6 Å². The minimum Gasteiger partial charge on any atom is -0.354 e. The lowest BCUT2D eigenvalue weighted by molar-refractivity contribution is -0.121. The number of carbonyl (C=O) groups excluding carboxylic acids is 1. The Labute approximate surface area is 156 Å². The van der Waals surface area contributed by atoms with E-state index < -0.39 is 0 Å². The van der Waals surface area contributed by atoms with Crippen LogP contribution >= 0.6 is 11.3 Å². The first-order valence-corrected chi connectivity index (χ1v) is 9.62. The molecule has 0 atom stereocenters. The van der Waals surface area contributed by atoms with E-state index in [1.165, 1.54) is 10.4 Å². The van der Waals surface area contributed by atoms with Crippen LogP contribution in [0.1, 0.15) is 5.56 Å². The molecule has 0 unspecified atom stereocenters. The topological polar surface area (TPSA) is 34.0 Å². The SMILES string of the molecule is O=C(Cn1c(-c2cccs2)cc2ccccc21)NCCc1ccccc1. The molecule has 2 heterocycles. The summed E-state index contributed by atoms with van der Waals surface area (Å²) in [7, 11) is 0. The number of thiophene rings is 1. The van der Waals surface area contributed by atoms with E-state index >= 15 is 0 Å². The van der Waals surface area contributed by atoms with Crippen LogP contribution in [0.4, 0.5) is 0 Å². The van der Waals surface area contributed by atoms with Gasteiger partial charge in [0.05, 0.1) is 10.6 Å². The van der Waals surface area contributed by atoms with Gasteiger partial charge in [-0.15, -0.1) is 11.3 Å². The highest BCUT2D eigenvalue weighted by Gasteiger charge is 2.13. The molecule has 2 aromatic carbocycles. The highest BCUT2D eigenvalue weighted by atomic mass is 32.1. The van der Waals surface area contributed by atoms with E-state index in [0.29, 0.717) is 13.1 Å². The first-order valence-electron chi connectivity index (χ1n) is 8.74. The number of benzene rings is 2. The summed E-state index contributed by atoms with van der Waals surface area (Å²) in [6.45, 7) is 0.978. The van der Waals surface area contributed by atoms with Crippen LogP contribution in [0, 0.1) is 0 Å². The van der Waals surface area contributed by atoms with Crippen LogP contribution in [0.15, 0.2) is 78.2 Å². The van der Waals surface area contributed by atoms with Gasteiger partial charge in [-0.1, -0.05) is 54.6 Å². The molecule has 4 aromatic rings. The average Bonchev–Trinajstić information content (AvgIpc) is 3.31. The van der Waals surface area contributed by atoms with Gasteiger partial charge in [0.2, 0.25) is 5.91 Å². The van der Waals surface area contributed by atoms with Gasteiger partial charge in [-0.25, -0.2) is 0 Å². The summed E-state index contributed by atoms with van der Waals surface area (Å²) in [4.78, 5) is 13.7. The fraction of sp³-hybridized carbons (Fsp3) is 0.136. The second-order valence-corrected chi connectivity index (χ2v) is 7.19. The van der Waals surface area contributed by atoms with Crippen molar-refractivity contribution < 1.29 is 4.79 Å². The van der Waals surface area contributed by atoms with Crippen molar-refractivity contribution in [2.75, 3.05) is 6.54 Å². The Balaban J connectivity index is 1.51. The smallest absolute Gasteiger partial charge is 0.239 e. The molecule has 0 saturated heterocycles. The molecular formula is C22H20N2OS. The Bertz CT molecular complexity index is 1000.